The molecule has 1 amide bonds. The largest absolute Gasteiger partial charge is 0.497 e. The number of rotatable bonds is 8. The number of likely N-dealkylation sites (tertiary alicyclic amines) is 1. The van der Waals surface area contributed by atoms with Crippen LogP contribution >= 0.6 is 0 Å². The quantitative estimate of drug-likeness (QED) is 0.576. The Kier molecular flexibility index (Phi) is 6.85. The monoisotopic (exact) mass is 436 g/mol. The van der Waals surface area contributed by atoms with E-state index in [2.05, 4.69) is 21.4 Å². The molecule has 4 rings (SSSR count). The van der Waals surface area contributed by atoms with E-state index in [1.807, 2.05) is 25.1 Å². The number of hydrogen-bond acceptors (Lipinski definition) is 4. The van der Waals surface area contributed by atoms with Gasteiger partial charge in [-0.15, -0.1) is 0 Å². The van der Waals surface area contributed by atoms with Crippen LogP contribution in [-0.4, -0.2) is 47.3 Å². The van der Waals surface area contributed by atoms with Crippen molar-refractivity contribution < 1.29 is 13.9 Å². The molecule has 1 N–H and O–H groups in total. The fourth-order valence-electron chi connectivity index (χ4n) is 4.35. The molecular weight excluding hydrogens is 407 g/mol. The molecule has 0 radical (unpaired) electrons. The molecule has 0 spiro atoms. The van der Waals surface area contributed by atoms with Crippen LogP contribution in [0, 0.1) is 5.82 Å². The third kappa shape index (κ3) is 4.67. The first-order valence-electron chi connectivity index (χ1n) is 11.1. The van der Waals surface area contributed by atoms with E-state index in [1.165, 1.54) is 25.0 Å². The molecule has 2 aromatic carbocycles. The van der Waals surface area contributed by atoms with Crippen LogP contribution in [0.1, 0.15) is 47.4 Å². The number of nitrogens with one attached hydrogen (secondary N) is 1. The molecule has 1 fully saturated rings. The lowest BCUT2D eigenvalue weighted by molar-refractivity contribution is 0.0937. The van der Waals surface area contributed by atoms with Gasteiger partial charge in [-0.2, -0.15) is 5.10 Å². The van der Waals surface area contributed by atoms with Gasteiger partial charge in [0.2, 0.25) is 0 Å². The number of aromatic nitrogens is 2. The third-order valence-corrected chi connectivity index (χ3v) is 6.04. The van der Waals surface area contributed by atoms with Crippen molar-refractivity contribution in [1.82, 2.24) is 20.0 Å². The molecule has 0 saturated carbocycles. The van der Waals surface area contributed by atoms with Gasteiger partial charge in [0.15, 0.2) is 0 Å². The Morgan fingerprint density at radius 1 is 1.19 bits per heavy atom. The lowest BCUT2D eigenvalue weighted by Crippen LogP contribution is -2.37. The molecule has 1 aromatic heterocycles. The van der Waals surface area contributed by atoms with Crippen molar-refractivity contribution in [3.8, 4) is 11.4 Å². The highest BCUT2D eigenvalue weighted by Gasteiger charge is 2.25. The van der Waals surface area contributed by atoms with E-state index >= 15 is 0 Å². The van der Waals surface area contributed by atoms with Gasteiger partial charge in [0.05, 0.1) is 36.3 Å². The summed E-state index contributed by atoms with van der Waals surface area (Å²) in [6.07, 6.45) is 4.55. The summed E-state index contributed by atoms with van der Waals surface area (Å²) in [4.78, 5) is 15.5. The van der Waals surface area contributed by atoms with E-state index in [1.54, 1.807) is 30.1 Å². The summed E-state index contributed by atoms with van der Waals surface area (Å²) >= 11 is 0. The van der Waals surface area contributed by atoms with Crippen LogP contribution in [0.4, 0.5) is 4.39 Å². The number of halogens is 1. The molecule has 1 aliphatic heterocycles. The van der Waals surface area contributed by atoms with Crippen LogP contribution < -0.4 is 10.1 Å². The van der Waals surface area contributed by atoms with Gasteiger partial charge >= 0.3 is 0 Å². The Morgan fingerprint density at radius 2 is 1.94 bits per heavy atom. The maximum absolute atomic E-state index is 13.3. The summed E-state index contributed by atoms with van der Waals surface area (Å²) < 4.78 is 20.4. The lowest BCUT2D eigenvalue weighted by Gasteiger charge is -2.28. The fraction of sp³-hybridized carbons (Fsp3) is 0.360. The maximum atomic E-state index is 13.3. The zero-order chi connectivity index (χ0) is 22.5. The van der Waals surface area contributed by atoms with Crippen molar-refractivity contribution in [3.05, 3.63) is 77.4 Å². The van der Waals surface area contributed by atoms with E-state index in [0.29, 0.717) is 18.5 Å². The second kappa shape index (κ2) is 9.96. The van der Waals surface area contributed by atoms with Crippen LogP contribution in [0.25, 0.3) is 5.69 Å². The van der Waals surface area contributed by atoms with E-state index in [-0.39, 0.29) is 17.8 Å². The molecule has 7 heteroatoms. The van der Waals surface area contributed by atoms with E-state index in [9.17, 15) is 9.18 Å². The zero-order valence-electron chi connectivity index (χ0n) is 18.6. The van der Waals surface area contributed by atoms with Crippen LogP contribution in [0.2, 0.25) is 0 Å². The highest BCUT2D eigenvalue weighted by Crippen LogP contribution is 2.27. The first-order valence-corrected chi connectivity index (χ1v) is 11.1. The predicted octanol–water partition coefficient (Wildman–Crippen LogP) is 4.15. The minimum Gasteiger partial charge on any atom is -0.497 e. The van der Waals surface area contributed by atoms with Gasteiger partial charge in [-0.25, -0.2) is 9.07 Å². The van der Waals surface area contributed by atoms with E-state index in [0.717, 1.165) is 35.8 Å². The average Bonchev–Trinajstić information content (AvgIpc) is 3.50. The van der Waals surface area contributed by atoms with Gasteiger partial charge in [-0.1, -0.05) is 19.1 Å². The highest BCUT2D eigenvalue weighted by molar-refractivity contribution is 5.95. The van der Waals surface area contributed by atoms with E-state index < -0.39 is 0 Å². The number of amides is 1. The van der Waals surface area contributed by atoms with Gasteiger partial charge in [0.25, 0.3) is 5.91 Å². The number of ether oxygens (including phenoxy) is 1. The van der Waals surface area contributed by atoms with Crippen LogP contribution in [-0.2, 0) is 6.42 Å². The minimum atomic E-state index is -0.303. The Morgan fingerprint density at radius 3 is 2.62 bits per heavy atom. The molecule has 2 heterocycles. The first kappa shape index (κ1) is 22.0. The van der Waals surface area contributed by atoms with Crippen molar-refractivity contribution in [2.45, 2.75) is 32.2 Å². The standard InChI is InChI=1S/C25H29FN4O2/c1-3-23-22(16-28-30(23)20-11-9-19(26)10-12-20)25(31)27-17-24(29-13-4-5-14-29)18-7-6-8-21(15-18)32-2/h6-12,15-16,24H,3-5,13-14,17H2,1-2H3,(H,27,31). The average molecular weight is 437 g/mol. The Bertz CT molecular complexity index is 1060. The first-order chi connectivity index (χ1) is 15.6. The number of benzene rings is 2. The summed E-state index contributed by atoms with van der Waals surface area (Å²) in [5, 5.41) is 7.53. The second-order valence-corrected chi connectivity index (χ2v) is 7.99. The molecule has 32 heavy (non-hydrogen) atoms. The van der Waals surface area contributed by atoms with Crippen molar-refractivity contribution in [1.29, 1.82) is 0 Å². The van der Waals surface area contributed by atoms with Gasteiger partial charge in [0, 0.05) is 6.54 Å². The second-order valence-electron chi connectivity index (χ2n) is 7.99. The summed E-state index contributed by atoms with van der Waals surface area (Å²) in [6, 6.07) is 14.2. The molecule has 0 aliphatic carbocycles. The molecule has 1 unspecified atom stereocenters. The molecule has 3 aromatic rings. The van der Waals surface area contributed by atoms with Crippen LogP contribution in [0.3, 0.4) is 0 Å². The number of hydrogen-bond donors (Lipinski definition) is 1. The van der Waals surface area contributed by atoms with E-state index in [4.69, 9.17) is 4.74 Å². The molecular formula is C25H29FN4O2. The summed E-state index contributed by atoms with van der Waals surface area (Å²) in [7, 11) is 1.66. The maximum Gasteiger partial charge on any atom is 0.254 e. The summed E-state index contributed by atoms with van der Waals surface area (Å²) in [6.45, 7) is 4.51. The smallest absolute Gasteiger partial charge is 0.254 e. The minimum absolute atomic E-state index is 0.0776. The predicted molar refractivity (Wildman–Crippen MR) is 122 cm³/mol. The van der Waals surface area contributed by atoms with Crippen molar-refractivity contribution >= 4 is 5.91 Å². The third-order valence-electron chi connectivity index (χ3n) is 6.04. The molecule has 1 aliphatic rings. The van der Waals surface area contributed by atoms with Crippen molar-refractivity contribution in [2.75, 3.05) is 26.7 Å². The zero-order valence-corrected chi connectivity index (χ0v) is 18.6. The van der Waals surface area contributed by atoms with Gasteiger partial charge in [-0.3, -0.25) is 9.69 Å². The lowest BCUT2D eigenvalue weighted by atomic mass is 10.0. The van der Waals surface area contributed by atoms with Crippen molar-refractivity contribution in [3.63, 3.8) is 0 Å². The van der Waals surface area contributed by atoms with Crippen LogP contribution in [0.15, 0.2) is 54.7 Å². The molecule has 168 valence electrons. The summed E-state index contributed by atoms with van der Waals surface area (Å²) in [5.74, 6) is 0.358. The van der Waals surface area contributed by atoms with Gasteiger partial charge in [-0.05, 0) is 74.3 Å². The molecule has 0 bridgehead atoms. The number of carbonyl (C=O) groups excluding carboxylic acids is 1. The summed E-state index contributed by atoms with van der Waals surface area (Å²) in [5.41, 5.74) is 3.20. The number of carbonyl (C=O) groups is 1. The number of nitrogens with zero attached hydrogens (tertiary/aromatic N) is 3. The fourth-order valence-corrected chi connectivity index (χ4v) is 4.35. The normalized spacial score (nSPS) is 15.0. The molecule has 6 nitrogen and oxygen atoms in total. The van der Waals surface area contributed by atoms with Gasteiger partial charge < -0.3 is 10.1 Å². The number of methoxy groups -OCH3 is 1. The Balaban J connectivity index is 1.54. The van der Waals surface area contributed by atoms with Crippen molar-refractivity contribution in [2.24, 2.45) is 0 Å². The Labute approximate surface area is 188 Å². The molecule has 1 saturated heterocycles. The Hall–Kier alpha value is -3.19. The highest BCUT2D eigenvalue weighted by atomic mass is 19.1. The topological polar surface area (TPSA) is 59.4 Å². The van der Waals surface area contributed by atoms with Gasteiger partial charge in [0.1, 0.15) is 11.6 Å². The SMILES string of the molecule is CCc1c(C(=O)NCC(c2cccc(OC)c2)N2CCCC2)cnn1-c1ccc(F)cc1. The molecule has 1 atom stereocenters. The van der Waals surface area contributed by atoms with Crippen LogP contribution in [0.5, 0.6) is 5.75 Å².